The maximum atomic E-state index is 13.6. The third-order valence-electron chi connectivity index (χ3n) is 8.18. The molecule has 0 unspecified atom stereocenters. The number of halogens is 3. The van der Waals surface area contributed by atoms with Crippen molar-refractivity contribution < 1.29 is 27.9 Å². The second kappa shape index (κ2) is 15.1. The van der Waals surface area contributed by atoms with Gasteiger partial charge < -0.3 is 26.0 Å². The number of aliphatic hydroxyl groups excluding tert-OH is 1. The van der Waals surface area contributed by atoms with Gasteiger partial charge in [-0.3, -0.25) is 9.59 Å². The Balaban J connectivity index is 1.28. The lowest BCUT2D eigenvalue weighted by molar-refractivity contribution is -0.137. The predicted octanol–water partition coefficient (Wildman–Crippen LogP) is 5.98. The van der Waals surface area contributed by atoms with E-state index in [1.54, 1.807) is 48.7 Å². The molecular weight excluding hydrogens is 627 g/mol. The van der Waals surface area contributed by atoms with Crippen molar-refractivity contribution in [1.82, 2.24) is 20.5 Å². The SMILES string of the molecule is CNc1cc(CNC[C@@H](O)[C@H](Cc2ccccc2)NC(=O)c2cccc(C(=O)N3CCC[C@@H]3c3nc(C)cs3)c2)cc(C(F)(F)F)c1. The number of rotatable bonds is 12. The Morgan fingerprint density at radius 3 is 2.51 bits per heavy atom. The van der Waals surface area contributed by atoms with Gasteiger partial charge in [-0.2, -0.15) is 13.2 Å². The molecule has 1 fully saturated rings. The lowest BCUT2D eigenvalue weighted by atomic mass is 10.00. The van der Waals surface area contributed by atoms with Crippen molar-refractivity contribution in [2.45, 2.75) is 57.1 Å². The van der Waals surface area contributed by atoms with E-state index in [9.17, 15) is 27.9 Å². The van der Waals surface area contributed by atoms with E-state index in [-0.39, 0.29) is 30.6 Å². The average molecular weight is 666 g/mol. The van der Waals surface area contributed by atoms with E-state index in [1.807, 2.05) is 47.5 Å². The molecular formula is C35H38F3N5O3S. The molecule has 2 amide bonds. The first-order chi connectivity index (χ1) is 22.5. The van der Waals surface area contributed by atoms with Gasteiger partial charge in [-0.1, -0.05) is 36.4 Å². The third-order valence-corrected chi connectivity index (χ3v) is 9.24. The van der Waals surface area contributed by atoms with Crippen LogP contribution in [-0.4, -0.2) is 59.1 Å². The number of aryl methyl sites for hydroxylation is 1. The van der Waals surface area contributed by atoms with Crippen LogP contribution < -0.4 is 16.0 Å². The van der Waals surface area contributed by atoms with Crippen molar-refractivity contribution >= 4 is 28.8 Å². The number of carbonyl (C=O) groups is 2. The molecule has 1 aromatic heterocycles. The Labute approximate surface area is 276 Å². The number of hydrogen-bond acceptors (Lipinski definition) is 7. The van der Waals surface area contributed by atoms with E-state index in [4.69, 9.17) is 0 Å². The molecule has 0 radical (unpaired) electrons. The number of aromatic nitrogens is 1. The third kappa shape index (κ3) is 8.76. The molecule has 248 valence electrons. The lowest BCUT2D eigenvalue weighted by Crippen LogP contribution is -2.48. The summed E-state index contributed by atoms with van der Waals surface area (Å²) < 4.78 is 40.2. The average Bonchev–Trinajstić information content (AvgIpc) is 3.73. The Kier molecular flexibility index (Phi) is 10.9. The monoisotopic (exact) mass is 665 g/mol. The van der Waals surface area contributed by atoms with E-state index < -0.39 is 29.8 Å². The summed E-state index contributed by atoms with van der Waals surface area (Å²) in [4.78, 5) is 33.5. The standard InChI is InChI=1S/C35H38F3N5O3S/c1-22-21-47-33(41-22)30-12-7-13-43(30)34(46)26-11-6-10-25(17-26)32(45)42-29(16-23-8-4-3-5-9-23)31(44)20-40-19-24-14-27(35(36,37)38)18-28(15-24)39-2/h3-6,8-11,14-15,17-18,21,29-31,39-40,44H,7,12-13,16,19-20H2,1-2H3,(H,42,45)/t29-,30+,31+/m0/s1. The Morgan fingerprint density at radius 2 is 1.81 bits per heavy atom. The fourth-order valence-corrected chi connectivity index (χ4v) is 6.71. The van der Waals surface area contributed by atoms with Gasteiger partial charge in [0.2, 0.25) is 0 Å². The quantitative estimate of drug-likeness (QED) is 0.148. The number of aliphatic hydroxyl groups is 1. The van der Waals surface area contributed by atoms with E-state index in [0.717, 1.165) is 41.2 Å². The van der Waals surface area contributed by atoms with Gasteiger partial charge in [0.1, 0.15) is 5.01 Å². The molecule has 0 bridgehead atoms. The molecule has 4 N–H and O–H groups in total. The van der Waals surface area contributed by atoms with Crippen molar-refractivity contribution in [2.24, 2.45) is 0 Å². The van der Waals surface area contributed by atoms with Crippen molar-refractivity contribution in [2.75, 3.05) is 25.5 Å². The van der Waals surface area contributed by atoms with Gasteiger partial charge in [0.15, 0.2) is 0 Å². The number of nitrogens with zero attached hydrogens (tertiary/aromatic N) is 2. The molecule has 8 nitrogen and oxygen atoms in total. The van der Waals surface area contributed by atoms with Crippen LogP contribution in [0.2, 0.25) is 0 Å². The second-order valence-corrected chi connectivity index (χ2v) is 12.6. The molecule has 4 aromatic rings. The highest BCUT2D eigenvalue weighted by Crippen LogP contribution is 2.35. The molecule has 3 atom stereocenters. The smallest absolute Gasteiger partial charge is 0.390 e. The Hall–Kier alpha value is -4.26. The highest BCUT2D eigenvalue weighted by molar-refractivity contribution is 7.09. The van der Waals surface area contributed by atoms with E-state index in [1.165, 1.54) is 0 Å². The van der Waals surface area contributed by atoms with Crippen LogP contribution in [-0.2, 0) is 19.1 Å². The normalized spacial score (nSPS) is 16.1. The first kappa shape index (κ1) is 34.1. The summed E-state index contributed by atoms with van der Waals surface area (Å²) >= 11 is 1.54. The number of amides is 2. The van der Waals surface area contributed by atoms with E-state index >= 15 is 0 Å². The van der Waals surface area contributed by atoms with Gasteiger partial charge in [0.05, 0.1) is 23.8 Å². The minimum Gasteiger partial charge on any atom is -0.390 e. The fraction of sp³-hybridized carbons (Fsp3) is 0.343. The number of hydrogen-bond donors (Lipinski definition) is 4. The summed E-state index contributed by atoms with van der Waals surface area (Å²) in [5.41, 5.74) is 2.42. The van der Waals surface area contributed by atoms with Crippen molar-refractivity contribution in [3.8, 4) is 0 Å². The lowest BCUT2D eigenvalue weighted by Gasteiger charge is -2.25. The van der Waals surface area contributed by atoms with Gasteiger partial charge in [-0.15, -0.1) is 11.3 Å². The minimum absolute atomic E-state index is 0.00795. The Morgan fingerprint density at radius 1 is 1.04 bits per heavy atom. The van der Waals surface area contributed by atoms with Crippen LogP contribution in [0.15, 0.2) is 78.2 Å². The summed E-state index contributed by atoms with van der Waals surface area (Å²) in [6.07, 6.45) is -3.57. The first-order valence-electron chi connectivity index (χ1n) is 15.5. The zero-order valence-corrected chi connectivity index (χ0v) is 27.0. The van der Waals surface area contributed by atoms with Crippen LogP contribution in [0.1, 0.15) is 67.0 Å². The molecule has 0 saturated carbocycles. The molecule has 1 aliphatic heterocycles. The molecule has 0 spiro atoms. The molecule has 1 saturated heterocycles. The van der Waals surface area contributed by atoms with E-state index in [0.29, 0.717) is 29.8 Å². The minimum atomic E-state index is -4.50. The van der Waals surface area contributed by atoms with Crippen LogP contribution in [0.5, 0.6) is 0 Å². The second-order valence-electron chi connectivity index (χ2n) is 11.7. The zero-order chi connectivity index (χ0) is 33.6. The summed E-state index contributed by atoms with van der Waals surface area (Å²) in [6, 6.07) is 18.8. The van der Waals surface area contributed by atoms with Crippen LogP contribution in [0, 0.1) is 6.92 Å². The summed E-state index contributed by atoms with van der Waals surface area (Å²) in [5.74, 6) is -0.624. The summed E-state index contributed by atoms with van der Waals surface area (Å²) in [7, 11) is 1.55. The van der Waals surface area contributed by atoms with Crippen molar-refractivity contribution in [3.05, 3.63) is 117 Å². The zero-order valence-electron chi connectivity index (χ0n) is 26.2. The van der Waals surface area contributed by atoms with Crippen LogP contribution >= 0.6 is 11.3 Å². The Bertz CT molecular complexity index is 1680. The number of benzene rings is 3. The van der Waals surface area contributed by atoms with Gasteiger partial charge in [-0.05, 0) is 73.7 Å². The number of likely N-dealkylation sites (tertiary alicyclic amines) is 1. The molecule has 2 heterocycles. The summed E-state index contributed by atoms with van der Waals surface area (Å²) in [6.45, 7) is 2.61. The van der Waals surface area contributed by atoms with Gasteiger partial charge in [-0.25, -0.2) is 4.98 Å². The topological polar surface area (TPSA) is 107 Å². The molecule has 5 rings (SSSR count). The molecule has 1 aliphatic rings. The number of anilines is 1. The first-order valence-corrected chi connectivity index (χ1v) is 16.4. The maximum absolute atomic E-state index is 13.6. The number of nitrogens with one attached hydrogen (secondary N) is 3. The van der Waals surface area contributed by atoms with E-state index in [2.05, 4.69) is 20.9 Å². The molecule has 3 aromatic carbocycles. The molecule has 0 aliphatic carbocycles. The van der Waals surface area contributed by atoms with Crippen LogP contribution in [0.25, 0.3) is 0 Å². The molecule has 47 heavy (non-hydrogen) atoms. The highest BCUT2D eigenvalue weighted by Gasteiger charge is 2.33. The fourth-order valence-electron chi connectivity index (χ4n) is 5.76. The van der Waals surface area contributed by atoms with Gasteiger partial charge >= 0.3 is 6.18 Å². The summed E-state index contributed by atoms with van der Waals surface area (Å²) in [5, 5.41) is 22.8. The van der Waals surface area contributed by atoms with Crippen LogP contribution in [0.4, 0.5) is 18.9 Å². The molecule has 12 heteroatoms. The van der Waals surface area contributed by atoms with Crippen LogP contribution in [0.3, 0.4) is 0 Å². The van der Waals surface area contributed by atoms with Gasteiger partial charge in [0, 0.05) is 54.6 Å². The van der Waals surface area contributed by atoms with Crippen molar-refractivity contribution in [3.63, 3.8) is 0 Å². The van der Waals surface area contributed by atoms with Crippen molar-refractivity contribution in [1.29, 1.82) is 0 Å². The number of alkyl halides is 3. The predicted molar refractivity (Wildman–Crippen MR) is 176 cm³/mol. The highest BCUT2D eigenvalue weighted by atomic mass is 32.1. The van der Waals surface area contributed by atoms with Gasteiger partial charge in [0.25, 0.3) is 11.8 Å². The number of carbonyl (C=O) groups excluding carboxylic acids is 2. The maximum Gasteiger partial charge on any atom is 0.416 e. The number of thiazole rings is 1. The largest absolute Gasteiger partial charge is 0.416 e.